The van der Waals surface area contributed by atoms with E-state index in [0.717, 1.165) is 38.5 Å². The summed E-state index contributed by atoms with van der Waals surface area (Å²) < 4.78 is 0. The zero-order valence-electron chi connectivity index (χ0n) is 21.9. The number of hydrogen-bond acceptors (Lipinski definition) is 3. The Balaban J connectivity index is 4.43. The smallest absolute Gasteiger partial charge is 0.232 e. The van der Waals surface area contributed by atoms with Crippen molar-refractivity contribution in [1.82, 2.24) is 16.0 Å². The number of carbonyl (C=O) groups excluding carboxylic acids is 3. The van der Waals surface area contributed by atoms with E-state index in [9.17, 15) is 14.4 Å². The van der Waals surface area contributed by atoms with E-state index in [1.807, 2.05) is 0 Å². The number of carbonyl (C=O) groups is 3. The molecule has 3 amide bonds. The van der Waals surface area contributed by atoms with E-state index in [4.69, 9.17) is 0 Å². The van der Waals surface area contributed by atoms with E-state index < -0.39 is 5.92 Å². The summed E-state index contributed by atoms with van der Waals surface area (Å²) in [5, 5.41) is 8.78. The highest BCUT2D eigenvalue weighted by Gasteiger charge is 2.26. The van der Waals surface area contributed by atoms with Gasteiger partial charge in [0.25, 0.3) is 0 Å². The number of unbranched alkanes of at least 4 members (excludes halogenated alkanes) is 12. The van der Waals surface area contributed by atoms with Crippen LogP contribution in [0.25, 0.3) is 0 Å². The van der Waals surface area contributed by atoms with Gasteiger partial charge in [-0.1, -0.05) is 97.8 Å². The van der Waals surface area contributed by atoms with Gasteiger partial charge in [-0.25, -0.2) is 0 Å². The fourth-order valence-corrected chi connectivity index (χ4v) is 3.83. The molecule has 6 heteroatoms. The molecule has 0 saturated heterocycles. The zero-order valence-corrected chi connectivity index (χ0v) is 21.9. The molecule has 0 radical (unpaired) electrons. The molecule has 0 aromatic heterocycles. The number of nitrogens with one attached hydrogen (secondary N) is 3. The van der Waals surface area contributed by atoms with E-state index in [1.165, 1.54) is 57.8 Å². The molecule has 0 bridgehead atoms. The maximum Gasteiger partial charge on any atom is 0.232 e. The highest BCUT2D eigenvalue weighted by atomic mass is 16.2. The van der Waals surface area contributed by atoms with Crippen LogP contribution in [0, 0.1) is 5.92 Å². The monoisotopic (exact) mass is 467 g/mol. The second-order valence-corrected chi connectivity index (χ2v) is 9.27. The third-order valence-corrected chi connectivity index (χ3v) is 6.05. The first-order valence-electron chi connectivity index (χ1n) is 13.9. The number of amides is 3. The van der Waals surface area contributed by atoms with E-state index in [0.29, 0.717) is 19.6 Å². The van der Waals surface area contributed by atoms with Gasteiger partial charge in [0.15, 0.2) is 0 Å². The molecular weight excluding hydrogens is 414 g/mol. The van der Waals surface area contributed by atoms with Crippen LogP contribution in [0.3, 0.4) is 0 Å². The third kappa shape index (κ3) is 19.6. The van der Waals surface area contributed by atoms with Gasteiger partial charge in [-0.2, -0.15) is 0 Å². The lowest BCUT2D eigenvalue weighted by atomic mass is 10.00. The largest absolute Gasteiger partial charge is 0.356 e. The zero-order chi connectivity index (χ0) is 24.6. The molecule has 0 unspecified atom stereocenters. The Labute approximate surface area is 203 Å². The van der Waals surface area contributed by atoms with Crippen molar-refractivity contribution in [2.75, 3.05) is 19.6 Å². The summed E-state index contributed by atoms with van der Waals surface area (Å²) in [6.07, 6.45) is 17.4. The predicted molar refractivity (Wildman–Crippen MR) is 138 cm³/mol. The van der Waals surface area contributed by atoms with E-state index in [1.54, 1.807) is 0 Å². The molecule has 0 fully saturated rings. The fourth-order valence-electron chi connectivity index (χ4n) is 3.83. The average Bonchev–Trinajstić information content (AvgIpc) is 2.80. The van der Waals surface area contributed by atoms with Crippen molar-refractivity contribution >= 4 is 17.7 Å². The van der Waals surface area contributed by atoms with Gasteiger partial charge < -0.3 is 16.0 Å². The first-order chi connectivity index (χ1) is 16.1. The molecule has 0 heterocycles. The van der Waals surface area contributed by atoms with E-state index in [-0.39, 0.29) is 30.6 Å². The average molecular weight is 468 g/mol. The minimum Gasteiger partial charge on any atom is -0.356 e. The number of rotatable bonds is 23. The van der Waals surface area contributed by atoms with Crippen molar-refractivity contribution in [3.63, 3.8) is 0 Å². The van der Waals surface area contributed by atoms with Crippen molar-refractivity contribution < 1.29 is 14.4 Å². The molecule has 0 aliphatic rings. The van der Waals surface area contributed by atoms with Crippen LogP contribution in [-0.2, 0) is 14.4 Å². The molecule has 33 heavy (non-hydrogen) atoms. The minimum absolute atomic E-state index is 0.0739. The van der Waals surface area contributed by atoms with E-state index in [2.05, 4.69) is 36.7 Å². The Bertz CT molecular complexity index is 469. The van der Waals surface area contributed by atoms with Crippen LogP contribution in [0.2, 0.25) is 0 Å². The SMILES string of the molecule is CCCCCCCNC(=O)CCC(C(=O)NCCCCCCC)C(=O)NCCCCCCC. The summed E-state index contributed by atoms with van der Waals surface area (Å²) in [6.45, 7) is 8.39. The quantitative estimate of drug-likeness (QED) is 0.134. The van der Waals surface area contributed by atoms with Gasteiger partial charge >= 0.3 is 0 Å². The van der Waals surface area contributed by atoms with Crippen molar-refractivity contribution in [3.05, 3.63) is 0 Å². The molecule has 194 valence electrons. The molecular formula is C27H53N3O3. The van der Waals surface area contributed by atoms with Crippen LogP contribution in [-0.4, -0.2) is 37.4 Å². The van der Waals surface area contributed by atoms with E-state index >= 15 is 0 Å². The summed E-state index contributed by atoms with van der Waals surface area (Å²) >= 11 is 0. The van der Waals surface area contributed by atoms with Gasteiger partial charge in [-0.05, 0) is 25.7 Å². The lowest BCUT2D eigenvalue weighted by Gasteiger charge is -2.17. The van der Waals surface area contributed by atoms with Crippen LogP contribution >= 0.6 is 0 Å². The standard InChI is InChI=1S/C27H53N3O3/c1-4-7-10-13-16-21-28-25(31)20-19-24(26(32)29-22-17-14-11-8-5-2)27(33)30-23-18-15-12-9-6-3/h24H,4-23H2,1-3H3,(H,28,31)(H,29,32)(H,30,33). The Hall–Kier alpha value is -1.59. The maximum atomic E-state index is 12.7. The van der Waals surface area contributed by atoms with Gasteiger partial charge in [0.05, 0.1) is 0 Å². The molecule has 0 aliphatic heterocycles. The highest BCUT2D eigenvalue weighted by Crippen LogP contribution is 2.10. The van der Waals surface area contributed by atoms with Gasteiger partial charge in [0.1, 0.15) is 5.92 Å². The van der Waals surface area contributed by atoms with Crippen molar-refractivity contribution in [3.8, 4) is 0 Å². The molecule has 3 N–H and O–H groups in total. The molecule has 0 aliphatic carbocycles. The summed E-state index contributed by atoms with van der Waals surface area (Å²) in [7, 11) is 0. The normalized spacial score (nSPS) is 10.9. The summed E-state index contributed by atoms with van der Waals surface area (Å²) in [4.78, 5) is 37.7. The van der Waals surface area contributed by atoms with Gasteiger partial charge in [-0.3, -0.25) is 14.4 Å². The second-order valence-electron chi connectivity index (χ2n) is 9.27. The first-order valence-corrected chi connectivity index (χ1v) is 13.9. The van der Waals surface area contributed by atoms with Crippen LogP contribution in [0.5, 0.6) is 0 Å². The van der Waals surface area contributed by atoms with Crippen molar-refractivity contribution in [2.24, 2.45) is 5.92 Å². The highest BCUT2D eigenvalue weighted by molar-refractivity contribution is 6.00. The lowest BCUT2D eigenvalue weighted by Crippen LogP contribution is -2.42. The summed E-state index contributed by atoms with van der Waals surface area (Å²) in [5.74, 6) is -1.37. The minimum atomic E-state index is -0.799. The summed E-state index contributed by atoms with van der Waals surface area (Å²) in [6, 6.07) is 0. The molecule has 0 atom stereocenters. The van der Waals surface area contributed by atoms with Crippen molar-refractivity contribution in [1.29, 1.82) is 0 Å². The summed E-state index contributed by atoms with van der Waals surface area (Å²) in [5.41, 5.74) is 0. The van der Waals surface area contributed by atoms with Gasteiger partial charge in [0.2, 0.25) is 17.7 Å². The second kappa shape index (κ2) is 23.6. The van der Waals surface area contributed by atoms with Crippen LogP contribution < -0.4 is 16.0 Å². The topological polar surface area (TPSA) is 87.3 Å². The molecule has 0 aromatic carbocycles. The predicted octanol–water partition coefficient (Wildman–Crippen LogP) is 5.64. The van der Waals surface area contributed by atoms with Gasteiger partial charge in [-0.15, -0.1) is 0 Å². The maximum absolute atomic E-state index is 12.7. The van der Waals surface area contributed by atoms with Crippen LogP contribution in [0.1, 0.15) is 130 Å². The van der Waals surface area contributed by atoms with Crippen molar-refractivity contribution in [2.45, 2.75) is 130 Å². The van der Waals surface area contributed by atoms with Crippen LogP contribution in [0.15, 0.2) is 0 Å². The Kier molecular flexibility index (Phi) is 22.4. The Morgan fingerprint density at radius 3 is 1.27 bits per heavy atom. The molecule has 0 spiro atoms. The lowest BCUT2D eigenvalue weighted by molar-refractivity contribution is -0.135. The molecule has 0 aromatic rings. The Morgan fingerprint density at radius 2 is 0.879 bits per heavy atom. The molecule has 0 saturated carbocycles. The third-order valence-electron chi connectivity index (χ3n) is 6.05. The molecule has 0 rings (SSSR count). The molecule has 6 nitrogen and oxygen atoms in total. The number of hydrogen-bond donors (Lipinski definition) is 3. The van der Waals surface area contributed by atoms with Crippen LogP contribution in [0.4, 0.5) is 0 Å². The van der Waals surface area contributed by atoms with Gasteiger partial charge in [0, 0.05) is 26.1 Å². The Morgan fingerprint density at radius 1 is 0.515 bits per heavy atom. The first kappa shape index (κ1) is 31.4. The fraction of sp³-hybridized carbons (Fsp3) is 0.889.